The molecule has 0 unspecified atom stereocenters. The zero-order valence-corrected chi connectivity index (χ0v) is 13.0. The van der Waals surface area contributed by atoms with Crippen molar-refractivity contribution in [3.05, 3.63) is 36.0 Å². The molecule has 1 N–H and O–H groups in total. The summed E-state index contributed by atoms with van der Waals surface area (Å²) in [7, 11) is 0. The minimum atomic E-state index is -0.106. The van der Waals surface area contributed by atoms with Crippen molar-refractivity contribution in [3.63, 3.8) is 0 Å². The van der Waals surface area contributed by atoms with Crippen molar-refractivity contribution in [2.45, 2.75) is 46.6 Å². The molecular formula is C17H24N2O. The predicted molar refractivity (Wildman–Crippen MR) is 82.9 cm³/mol. The maximum absolute atomic E-state index is 10.6. The third-order valence-electron chi connectivity index (χ3n) is 3.24. The van der Waals surface area contributed by atoms with E-state index in [1.807, 2.05) is 30.3 Å². The predicted octanol–water partition coefficient (Wildman–Crippen LogP) is 4.21. The summed E-state index contributed by atoms with van der Waals surface area (Å²) in [6, 6.07) is 10.00. The molecule has 3 heteroatoms. The van der Waals surface area contributed by atoms with Gasteiger partial charge in [0.2, 0.25) is 5.88 Å². The summed E-state index contributed by atoms with van der Waals surface area (Å²) in [6.07, 6.45) is 0. The highest BCUT2D eigenvalue weighted by atomic mass is 16.3. The SMILES string of the molecule is CC(C)Cn1nc(C(C)(C)C)c(-c2ccccc2)c1O. The van der Waals surface area contributed by atoms with Gasteiger partial charge < -0.3 is 5.11 Å². The molecule has 0 aliphatic carbocycles. The molecule has 0 amide bonds. The lowest BCUT2D eigenvalue weighted by Crippen LogP contribution is -2.14. The summed E-state index contributed by atoms with van der Waals surface area (Å²) >= 11 is 0. The van der Waals surface area contributed by atoms with Crippen LogP contribution in [0, 0.1) is 5.92 Å². The molecule has 0 atom stereocenters. The van der Waals surface area contributed by atoms with Gasteiger partial charge in [0.1, 0.15) is 0 Å². The summed E-state index contributed by atoms with van der Waals surface area (Å²) in [5, 5.41) is 15.2. The molecule has 108 valence electrons. The van der Waals surface area contributed by atoms with Crippen LogP contribution in [-0.4, -0.2) is 14.9 Å². The van der Waals surface area contributed by atoms with Gasteiger partial charge in [0.25, 0.3) is 0 Å². The van der Waals surface area contributed by atoms with Crippen LogP contribution in [0.5, 0.6) is 5.88 Å². The molecule has 20 heavy (non-hydrogen) atoms. The zero-order valence-electron chi connectivity index (χ0n) is 13.0. The van der Waals surface area contributed by atoms with E-state index in [0.29, 0.717) is 5.92 Å². The van der Waals surface area contributed by atoms with Crippen molar-refractivity contribution >= 4 is 0 Å². The van der Waals surface area contributed by atoms with Crippen LogP contribution in [0.3, 0.4) is 0 Å². The Kier molecular flexibility index (Phi) is 3.89. The first-order chi connectivity index (χ1) is 9.30. The fourth-order valence-corrected chi connectivity index (χ4v) is 2.32. The standard InChI is InChI=1S/C17H24N2O/c1-12(2)11-19-16(20)14(13-9-7-6-8-10-13)15(18-19)17(3,4)5/h6-10,12,20H,11H2,1-5H3. The van der Waals surface area contributed by atoms with Crippen molar-refractivity contribution in [1.29, 1.82) is 0 Å². The molecule has 0 saturated carbocycles. The quantitative estimate of drug-likeness (QED) is 0.909. The zero-order chi connectivity index (χ0) is 14.9. The second-order valence-electron chi connectivity index (χ2n) is 6.74. The van der Waals surface area contributed by atoms with E-state index < -0.39 is 0 Å². The monoisotopic (exact) mass is 272 g/mol. The summed E-state index contributed by atoms with van der Waals surface area (Å²) in [5.41, 5.74) is 2.72. The maximum atomic E-state index is 10.6. The molecule has 0 saturated heterocycles. The van der Waals surface area contributed by atoms with E-state index in [1.54, 1.807) is 4.68 Å². The Balaban J connectivity index is 2.62. The number of rotatable bonds is 3. The number of aromatic hydroxyl groups is 1. The van der Waals surface area contributed by atoms with Gasteiger partial charge in [-0.15, -0.1) is 0 Å². The fourth-order valence-electron chi connectivity index (χ4n) is 2.32. The topological polar surface area (TPSA) is 38.0 Å². The third-order valence-corrected chi connectivity index (χ3v) is 3.24. The van der Waals surface area contributed by atoms with Gasteiger partial charge in [0.05, 0.1) is 11.3 Å². The van der Waals surface area contributed by atoms with E-state index in [9.17, 15) is 5.11 Å². The molecule has 3 nitrogen and oxygen atoms in total. The maximum Gasteiger partial charge on any atom is 0.217 e. The van der Waals surface area contributed by atoms with Crippen LogP contribution in [0.15, 0.2) is 30.3 Å². The highest BCUT2D eigenvalue weighted by molar-refractivity contribution is 5.72. The molecule has 0 radical (unpaired) electrons. The smallest absolute Gasteiger partial charge is 0.217 e. The minimum Gasteiger partial charge on any atom is -0.493 e. The average Bonchev–Trinajstić information content (AvgIpc) is 2.67. The molecule has 0 spiro atoms. The Morgan fingerprint density at radius 1 is 1.15 bits per heavy atom. The van der Waals surface area contributed by atoms with Crippen LogP contribution < -0.4 is 0 Å². The number of nitrogens with zero attached hydrogens (tertiary/aromatic N) is 2. The highest BCUT2D eigenvalue weighted by Crippen LogP contribution is 2.38. The van der Waals surface area contributed by atoms with Crippen LogP contribution in [0.25, 0.3) is 11.1 Å². The lowest BCUT2D eigenvalue weighted by atomic mass is 9.87. The first-order valence-electron chi connectivity index (χ1n) is 7.16. The summed E-state index contributed by atoms with van der Waals surface area (Å²) in [6.45, 7) is 11.4. The summed E-state index contributed by atoms with van der Waals surface area (Å²) in [4.78, 5) is 0. The van der Waals surface area contributed by atoms with Crippen LogP contribution in [-0.2, 0) is 12.0 Å². The van der Waals surface area contributed by atoms with Gasteiger partial charge in [-0.25, -0.2) is 4.68 Å². The van der Waals surface area contributed by atoms with Gasteiger partial charge in [-0.05, 0) is 11.5 Å². The number of hydrogen-bond acceptors (Lipinski definition) is 2. The van der Waals surface area contributed by atoms with Crippen LogP contribution in [0.4, 0.5) is 0 Å². The number of aromatic nitrogens is 2. The van der Waals surface area contributed by atoms with E-state index in [0.717, 1.165) is 23.4 Å². The summed E-state index contributed by atoms with van der Waals surface area (Å²) < 4.78 is 1.73. The van der Waals surface area contributed by atoms with Crippen molar-refractivity contribution in [1.82, 2.24) is 9.78 Å². The average molecular weight is 272 g/mol. The summed E-state index contributed by atoms with van der Waals surface area (Å²) in [5.74, 6) is 0.715. The van der Waals surface area contributed by atoms with E-state index in [-0.39, 0.29) is 11.3 Å². The molecule has 1 aromatic heterocycles. The molecular weight excluding hydrogens is 248 g/mol. The van der Waals surface area contributed by atoms with Crippen LogP contribution in [0.1, 0.15) is 40.3 Å². The van der Waals surface area contributed by atoms with Gasteiger partial charge in [-0.3, -0.25) is 0 Å². The van der Waals surface area contributed by atoms with Gasteiger partial charge >= 0.3 is 0 Å². The Hall–Kier alpha value is -1.77. The van der Waals surface area contributed by atoms with E-state index in [1.165, 1.54) is 0 Å². The second kappa shape index (κ2) is 5.31. The molecule has 0 aliphatic heterocycles. The fraction of sp³-hybridized carbons (Fsp3) is 0.471. The van der Waals surface area contributed by atoms with Gasteiger partial charge in [-0.2, -0.15) is 5.10 Å². The van der Waals surface area contributed by atoms with Crippen molar-refractivity contribution < 1.29 is 5.11 Å². The largest absolute Gasteiger partial charge is 0.493 e. The number of hydrogen-bond donors (Lipinski definition) is 1. The van der Waals surface area contributed by atoms with Gasteiger partial charge in [0.15, 0.2) is 0 Å². The molecule has 0 fully saturated rings. The van der Waals surface area contributed by atoms with E-state index in [4.69, 9.17) is 0 Å². The molecule has 2 aromatic rings. The lowest BCUT2D eigenvalue weighted by Gasteiger charge is -2.17. The second-order valence-corrected chi connectivity index (χ2v) is 6.74. The number of benzene rings is 1. The van der Waals surface area contributed by atoms with Crippen LogP contribution in [0.2, 0.25) is 0 Å². The molecule has 1 aromatic carbocycles. The Bertz CT molecular complexity index is 577. The van der Waals surface area contributed by atoms with Gasteiger partial charge in [-0.1, -0.05) is 65.0 Å². The van der Waals surface area contributed by atoms with Crippen molar-refractivity contribution in [3.8, 4) is 17.0 Å². The molecule has 0 aliphatic rings. The minimum absolute atomic E-state index is 0.106. The van der Waals surface area contributed by atoms with Crippen LogP contribution >= 0.6 is 0 Å². The molecule has 1 heterocycles. The van der Waals surface area contributed by atoms with E-state index in [2.05, 4.69) is 39.7 Å². The Labute approximate surface area is 121 Å². The lowest BCUT2D eigenvalue weighted by molar-refractivity contribution is 0.371. The molecule has 2 rings (SSSR count). The first kappa shape index (κ1) is 14.6. The van der Waals surface area contributed by atoms with Crippen molar-refractivity contribution in [2.75, 3.05) is 0 Å². The Morgan fingerprint density at radius 3 is 2.25 bits per heavy atom. The van der Waals surface area contributed by atoms with Gasteiger partial charge in [0, 0.05) is 12.0 Å². The van der Waals surface area contributed by atoms with Crippen molar-refractivity contribution in [2.24, 2.45) is 5.92 Å². The molecule has 0 bridgehead atoms. The highest BCUT2D eigenvalue weighted by Gasteiger charge is 2.27. The normalized spacial score (nSPS) is 12.1. The Morgan fingerprint density at radius 2 is 1.75 bits per heavy atom. The third kappa shape index (κ3) is 2.87. The van der Waals surface area contributed by atoms with E-state index >= 15 is 0 Å². The first-order valence-corrected chi connectivity index (χ1v) is 7.16.